The van der Waals surface area contributed by atoms with E-state index in [1.807, 2.05) is 94.9 Å². The van der Waals surface area contributed by atoms with E-state index < -0.39 is 0 Å². The lowest BCUT2D eigenvalue weighted by Gasteiger charge is -2.31. The van der Waals surface area contributed by atoms with Crippen LogP contribution in [0, 0.1) is 12.8 Å². The highest BCUT2D eigenvalue weighted by Crippen LogP contribution is 2.26. The Morgan fingerprint density at radius 1 is 1.06 bits per heavy atom. The highest BCUT2D eigenvalue weighted by Gasteiger charge is 2.32. The molecule has 0 saturated carbocycles. The molecule has 0 radical (unpaired) electrons. The summed E-state index contributed by atoms with van der Waals surface area (Å²) >= 11 is 0. The fourth-order valence-electron chi connectivity index (χ4n) is 4.28. The zero-order chi connectivity index (χ0) is 23.4. The Bertz CT molecular complexity index is 1080. The van der Waals surface area contributed by atoms with E-state index in [0.717, 1.165) is 18.1 Å². The van der Waals surface area contributed by atoms with Crippen molar-refractivity contribution >= 4 is 11.8 Å². The maximum absolute atomic E-state index is 13.7. The van der Waals surface area contributed by atoms with Gasteiger partial charge in [-0.05, 0) is 58.1 Å². The van der Waals surface area contributed by atoms with Crippen LogP contribution in [0.25, 0.3) is 11.5 Å². The van der Waals surface area contributed by atoms with Gasteiger partial charge in [0.25, 0.3) is 5.91 Å². The number of nitrogens with zero attached hydrogens (tertiary/aromatic N) is 5. The van der Waals surface area contributed by atoms with E-state index in [2.05, 4.69) is 5.32 Å². The predicted molar refractivity (Wildman–Crippen MR) is 128 cm³/mol. The van der Waals surface area contributed by atoms with Gasteiger partial charge in [-0.25, -0.2) is 4.68 Å². The molecule has 1 aliphatic rings. The lowest BCUT2D eigenvalue weighted by atomic mass is 9.95. The highest BCUT2D eigenvalue weighted by molar-refractivity contribution is 5.99. The van der Waals surface area contributed by atoms with Crippen LogP contribution in [0.2, 0.25) is 0 Å². The molecule has 1 N–H and O–H groups in total. The number of para-hydroxylation sites is 1. The number of hydrogen-bond donors (Lipinski definition) is 1. The Morgan fingerprint density at radius 2 is 1.73 bits per heavy atom. The number of hydrogen-bond acceptors (Lipinski definition) is 4. The Labute approximate surface area is 194 Å². The van der Waals surface area contributed by atoms with Gasteiger partial charge in [0.2, 0.25) is 5.91 Å². The Balaban J connectivity index is 1.53. The molecule has 8 heteroatoms. The van der Waals surface area contributed by atoms with Gasteiger partial charge in [0, 0.05) is 44.5 Å². The summed E-state index contributed by atoms with van der Waals surface area (Å²) in [6, 6.07) is 13.7. The maximum atomic E-state index is 13.7. The third-order valence-corrected chi connectivity index (χ3v) is 6.11. The van der Waals surface area contributed by atoms with Crippen molar-refractivity contribution in [3.63, 3.8) is 0 Å². The van der Waals surface area contributed by atoms with Crippen LogP contribution in [-0.2, 0) is 4.79 Å². The van der Waals surface area contributed by atoms with Gasteiger partial charge >= 0.3 is 0 Å². The SMILES string of the molecule is Cc1nn(-c2ccccc2)c(-n2cccc2)c1C(=O)N1CCC(C(=O)NCCN(C)C)CC1. The molecule has 3 heterocycles. The summed E-state index contributed by atoms with van der Waals surface area (Å²) in [5.41, 5.74) is 2.19. The Morgan fingerprint density at radius 3 is 2.36 bits per heavy atom. The van der Waals surface area contributed by atoms with E-state index in [1.54, 1.807) is 0 Å². The van der Waals surface area contributed by atoms with Crippen LogP contribution in [0.3, 0.4) is 0 Å². The third kappa shape index (κ3) is 5.01. The van der Waals surface area contributed by atoms with Crippen molar-refractivity contribution < 1.29 is 9.59 Å². The molecule has 0 unspecified atom stereocenters. The van der Waals surface area contributed by atoms with Crippen molar-refractivity contribution in [2.24, 2.45) is 5.92 Å². The minimum atomic E-state index is -0.0479. The van der Waals surface area contributed by atoms with Crippen molar-refractivity contribution in [1.29, 1.82) is 0 Å². The Hall–Kier alpha value is -3.39. The molecule has 2 aromatic heterocycles. The first kappa shape index (κ1) is 22.8. The van der Waals surface area contributed by atoms with Gasteiger partial charge in [-0.1, -0.05) is 18.2 Å². The van der Waals surface area contributed by atoms with Gasteiger partial charge in [-0.15, -0.1) is 0 Å². The minimum absolute atomic E-state index is 0.0372. The van der Waals surface area contributed by atoms with Crippen molar-refractivity contribution in [2.45, 2.75) is 19.8 Å². The van der Waals surface area contributed by atoms with Crippen molar-refractivity contribution in [3.05, 3.63) is 66.1 Å². The van der Waals surface area contributed by atoms with Crippen LogP contribution in [0.15, 0.2) is 54.9 Å². The standard InChI is InChI=1S/C25H32N6O2/c1-19-22(24(29-14-7-8-15-29)31(27-19)21-9-5-4-6-10-21)25(33)30-16-11-20(12-17-30)23(32)26-13-18-28(2)3/h4-10,14-15,20H,11-13,16-18H2,1-3H3,(H,26,32). The quantitative estimate of drug-likeness (QED) is 0.603. The van der Waals surface area contributed by atoms with E-state index in [9.17, 15) is 9.59 Å². The van der Waals surface area contributed by atoms with E-state index in [4.69, 9.17) is 5.10 Å². The number of likely N-dealkylation sites (tertiary alicyclic amines) is 1. The molecule has 0 spiro atoms. The highest BCUT2D eigenvalue weighted by atomic mass is 16.2. The molecular weight excluding hydrogens is 416 g/mol. The van der Waals surface area contributed by atoms with Crippen LogP contribution in [-0.4, -0.2) is 76.2 Å². The average molecular weight is 449 g/mol. The molecule has 1 fully saturated rings. The molecule has 33 heavy (non-hydrogen) atoms. The van der Waals surface area contributed by atoms with Gasteiger partial charge in [0.05, 0.1) is 11.4 Å². The first-order chi connectivity index (χ1) is 16.0. The van der Waals surface area contributed by atoms with Crippen molar-refractivity contribution in [2.75, 3.05) is 40.3 Å². The molecular formula is C25H32N6O2. The fraction of sp³-hybridized carbons (Fsp3) is 0.400. The molecule has 0 aliphatic carbocycles. The number of carbonyl (C=O) groups excluding carboxylic acids is 2. The van der Waals surface area contributed by atoms with Gasteiger partial charge in [-0.2, -0.15) is 5.10 Å². The van der Waals surface area contributed by atoms with Crippen LogP contribution in [0.4, 0.5) is 0 Å². The summed E-state index contributed by atoms with van der Waals surface area (Å²) in [6.45, 7) is 4.46. The van der Waals surface area contributed by atoms with Gasteiger partial charge in [-0.3, -0.25) is 9.59 Å². The van der Waals surface area contributed by atoms with Crippen LogP contribution in [0.5, 0.6) is 0 Å². The minimum Gasteiger partial charge on any atom is -0.355 e. The summed E-state index contributed by atoms with van der Waals surface area (Å²) in [5, 5.41) is 7.74. The number of aryl methyl sites for hydroxylation is 1. The second-order valence-corrected chi connectivity index (χ2v) is 8.78. The third-order valence-electron chi connectivity index (χ3n) is 6.11. The largest absolute Gasteiger partial charge is 0.355 e. The Kier molecular flexibility index (Phi) is 6.93. The number of benzene rings is 1. The van der Waals surface area contributed by atoms with Crippen molar-refractivity contribution in [1.82, 2.24) is 29.5 Å². The maximum Gasteiger partial charge on any atom is 0.259 e. The van der Waals surface area contributed by atoms with E-state index in [1.165, 1.54) is 0 Å². The van der Waals surface area contributed by atoms with Crippen LogP contribution >= 0.6 is 0 Å². The summed E-state index contributed by atoms with van der Waals surface area (Å²) in [7, 11) is 3.97. The summed E-state index contributed by atoms with van der Waals surface area (Å²) in [5.74, 6) is 0.737. The normalized spacial score (nSPS) is 14.6. The zero-order valence-electron chi connectivity index (χ0n) is 19.6. The fourth-order valence-corrected chi connectivity index (χ4v) is 4.28. The monoisotopic (exact) mass is 448 g/mol. The zero-order valence-corrected chi connectivity index (χ0v) is 19.6. The number of nitrogens with one attached hydrogen (secondary N) is 1. The average Bonchev–Trinajstić information content (AvgIpc) is 3.46. The van der Waals surface area contributed by atoms with E-state index in [0.29, 0.717) is 43.7 Å². The predicted octanol–water partition coefficient (Wildman–Crippen LogP) is 2.50. The molecule has 174 valence electrons. The molecule has 1 aromatic carbocycles. The molecule has 0 atom stereocenters. The lowest BCUT2D eigenvalue weighted by Crippen LogP contribution is -2.44. The molecule has 4 rings (SSSR count). The lowest BCUT2D eigenvalue weighted by molar-refractivity contribution is -0.126. The molecule has 1 aliphatic heterocycles. The number of amides is 2. The molecule has 3 aromatic rings. The summed E-state index contributed by atoms with van der Waals surface area (Å²) in [6.07, 6.45) is 5.20. The van der Waals surface area contributed by atoms with Gasteiger partial charge < -0.3 is 19.7 Å². The molecule has 0 bridgehead atoms. The van der Waals surface area contributed by atoms with Crippen molar-refractivity contribution in [3.8, 4) is 11.5 Å². The van der Waals surface area contributed by atoms with E-state index in [-0.39, 0.29) is 17.7 Å². The van der Waals surface area contributed by atoms with Gasteiger partial charge in [0.15, 0.2) is 5.82 Å². The van der Waals surface area contributed by atoms with Crippen LogP contribution < -0.4 is 5.32 Å². The smallest absolute Gasteiger partial charge is 0.259 e. The molecule has 8 nitrogen and oxygen atoms in total. The van der Waals surface area contributed by atoms with Crippen LogP contribution in [0.1, 0.15) is 28.9 Å². The van der Waals surface area contributed by atoms with E-state index >= 15 is 0 Å². The number of aromatic nitrogens is 3. The second kappa shape index (κ2) is 10.0. The first-order valence-corrected chi connectivity index (χ1v) is 11.5. The first-order valence-electron chi connectivity index (χ1n) is 11.5. The second-order valence-electron chi connectivity index (χ2n) is 8.78. The number of carbonyl (C=O) groups is 2. The number of piperidine rings is 1. The number of rotatable bonds is 7. The topological polar surface area (TPSA) is 75.4 Å². The molecule has 2 amide bonds. The number of likely N-dealkylation sites (N-methyl/N-ethyl adjacent to an activating group) is 1. The summed E-state index contributed by atoms with van der Waals surface area (Å²) in [4.78, 5) is 30.1. The van der Waals surface area contributed by atoms with Gasteiger partial charge in [0.1, 0.15) is 5.56 Å². The molecule has 1 saturated heterocycles. The summed E-state index contributed by atoms with van der Waals surface area (Å²) < 4.78 is 3.76.